The van der Waals surface area contributed by atoms with E-state index in [-0.39, 0.29) is 11.9 Å². The highest BCUT2D eigenvalue weighted by atomic mass is 16.5. The van der Waals surface area contributed by atoms with Gasteiger partial charge in [0.15, 0.2) is 0 Å². The minimum absolute atomic E-state index is 0.0448. The average molecular weight is 248 g/mol. The van der Waals surface area contributed by atoms with Gasteiger partial charge in [-0.3, -0.25) is 4.79 Å². The fourth-order valence-electron chi connectivity index (χ4n) is 2.10. The molecule has 0 fully saturated rings. The van der Waals surface area contributed by atoms with Crippen molar-refractivity contribution in [3.63, 3.8) is 0 Å². The number of benzene rings is 1. The van der Waals surface area contributed by atoms with E-state index in [1.165, 1.54) is 5.56 Å². The topological polar surface area (TPSA) is 26.3 Å². The zero-order chi connectivity index (χ0) is 13.4. The van der Waals surface area contributed by atoms with Gasteiger partial charge in [0.25, 0.3) is 0 Å². The number of ether oxygens (including phenoxy) is 1. The van der Waals surface area contributed by atoms with E-state index in [9.17, 15) is 4.79 Å². The smallest absolute Gasteiger partial charge is 0.309 e. The molecule has 0 saturated heterocycles. The zero-order valence-corrected chi connectivity index (χ0v) is 11.7. The fraction of sp³-hybridized carbons (Fsp3) is 0.562. The van der Waals surface area contributed by atoms with Crippen LogP contribution in [0.15, 0.2) is 24.3 Å². The van der Waals surface area contributed by atoms with Gasteiger partial charge in [0, 0.05) is 0 Å². The number of esters is 1. The van der Waals surface area contributed by atoms with E-state index in [0.29, 0.717) is 6.61 Å². The van der Waals surface area contributed by atoms with Crippen LogP contribution in [0, 0.1) is 5.92 Å². The Balaban J connectivity index is 2.60. The van der Waals surface area contributed by atoms with Crippen LogP contribution in [0.4, 0.5) is 0 Å². The Kier molecular flexibility index (Phi) is 6.48. The molecule has 0 radical (unpaired) electrons. The molecule has 0 aromatic heterocycles. The van der Waals surface area contributed by atoms with Gasteiger partial charge in [0.1, 0.15) is 6.61 Å². The Morgan fingerprint density at radius 1 is 1.11 bits per heavy atom. The van der Waals surface area contributed by atoms with Crippen molar-refractivity contribution in [2.24, 2.45) is 5.92 Å². The first kappa shape index (κ1) is 14.7. The molecule has 0 bridgehead atoms. The molecular formula is C16H24O2. The minimum Gasteiger partial charge on any atom is -0.461 e. The lowest BCUT2D eigenvalue weighted by Gasteiger charge is -2.13. The van der Waals surface area contributed by atoms with Gasteiger partial charge >= 0.3 is 5.97 Å². The number of carbonyl (C=O) groups excluding carboxylic acids is 1. The van der Waals surface area contributed by atoms with Crippen molar-refractivity contribution < 1.29 is 9.53 Å². The Morgan fingerprint density at radius 3 is 2.28 bits per heavy atom. The summed E-state index contributed by atoms with van der Waals surface area (Å²) in [6, 6.07) is 8.20. The third-order valence-corrected chi connectivity index (χ3v) is 3.33. The van der Waals surface area contributed by atoms with Crippen molar-refractivity contribution in [2.75, 3.05) is 0 Å². The molecule has 0 unspecified atom stereocenters. The molecule has 1 aromatic carbocycles. The highest BCUT2D eigenvalue weighted by molar-refractivity contribution is 5.72. The normalized spacial score (nSPS) is 10.7. The molecule has 0 aliphatic heterocycles. The molecule has 2 nitrogen and oxygen atoms in total. The Hall–Kier alpha value is -1.31. The summed E-state index contributed by atoms with van der Waals surface area (Å²) >= 11 is 0. The van der Waals surface area contributed by atoms with E-state index in [0.717, 1.165) is 31.2 Å². The number of hydrogen-bond donors (Lipinski definition) is 0. The van der Waals surface area contributed by atoms with Crippen LogP contribution in [0.2, 0.25) is 0 Å². The van der Waals surface area contributed by atoms with Gasteiger partial charge in [-0.15, -0.1) is 0 Å². The zero-order valence-electron chi connectivity index (χ0n) is 11.7. The van der Waals surface area contributed by atoms with Crippen LogP contribution >= 0.6 is 0 Å². The minimum atomic E-state index is -0.0636. The van der Waals surface area contributed by atoms with Gasteiger partial charge in [-0.1, -0.05) is 51.5 Å². The number of carbonyl (C=O) groups is 1. The summed E-state index contributed by atoms with van der Waals surface area (Å²) in [5.74, 6) is -0.0189. The molecule has 0 heterocycles. The largest absolute Gasteiger partial charge is 0.461 e. The van der Waals surface area contributed by atoms with E-state index >= 15 is 0 Å². The van der Waals surface area contributed by atoms with Gasteiger partial charge in [-0.2, -0.15) is 0 Å². The third-order valence-electron chi connectivity index (χ3n) is 3.33. The summed E-state index contributed by atoms with van der Waals surface area (Å²) in [6.45, 7) is 6.62. The summed E-state index contributed by atoms with van der Waals surface area (Å²) in [6.07, 6.45) is 3.86. The van der Waals surface area contributed by atoms with Crippen molar-refractivity contribution in [3.05, 3.63) is 35.4 Å². The molecule has 18 heavy (non-hydrogen) atoms. The van der Waals surface area contributed by atoms with Crippen LogP contribution in [-0.2, 0) is 22.6 Å². The molecule has 2 heteroatoms. The summed E-state index contributed by atoms with van der Waals surface area (Å²) < 4.78 is 5.42. The molecule has 0 aliphatic carbocycles. The predicted molar refractivity (Wildman–Crippen MR) is 74.3 cm³/mol. The molecule has 0 atom stereocenters. The van der Waals surface area contributed by atoms with Crippen LogP contribution in [0.1, 0.15) is 51.2 Å². The van der Waals surface area contributed by atoms with E-state index < -0.39 is 0 Å². The summed E-state index contributed by atoms with van der Waals surface area (Å²) in [4.78, 5) is 11.8. The predicted octanol–water partition coefficient (Wildman–Crippen LogP) is 4.12. The molecule has 1 rings (SSSR count). The second-order valence-corrected chi connectivity index (χ2v) is 4.64. The van der Waals surface area contributed by atoms with Gasteiger partial charge in [-0.25, -0.2) is 0 Å². The maximum atomic E-state index is 11.8. The van der Waals surface area contributed by atoms with Crippen LogP contribution in [0.5, 0.6) is 0 Å². The van der Waals surface area contributed by atoms with Gasteiger partial charge in [-0.05, 0) is 30.4 Å². The highest BCUT2D eigenvalue weighted by Crippen LogP contribution is 2.15. The maximum absolute atomic E-state index is 11.8. The van der Waals surface area contributed by atoms with Crippen LogP contribution in [-0.4, -0.2) is 5.97 Å². The fourth-order valence-corrected chi connectivity index (χ4v) is 2.10. The Bertz CT molecular complexity index is 367. The van der Waals surface area contributed by atoms with Crippen molar-refractivity contribution in [1.29, 1.82) is 0 Å². The molecule has 1 aromatic rings. The number of aryl methyl sites for hydroxylation is 1. The quantitative estimate of drug-likeness (QED) is 0.678. The number of hydrogen-bond acceptors (Lipinski definition) is 2. The summed E-state index contributed by atoms with van der Waals surface area (Å²) in [7, 11) is 0. The van der Waals surface area contributed by atoms with Crippen LogP contribution in [0.3, 0.4) is 0 Å². The second-order valence-electron chi connectivity index (χ2n) is 4.64. The van der Waals surface area contributed by atoms with Crippen molar-refractivity contribution in [2.45, 2.75) is 53.1 Å². The first-order valence-corrected chi connectivity index (χ1v) is 6.96. The summed E-state index contributed by atoms with van der Waals surface area (Å²) in [5, 5.41) is 0. The van der Waals surface area contributed by atoms with E-state index in [4.69, 9.17) is 4.74 Å². The van der Waals surface area contributed by atoms with Crippen LogP contribution in [0.25, 0.3) is 0 Å². The van der Waals surface area contributed by atoms with E-state index in [1.54, 1.807) is 0 Å². The van der Waals surface area contributed by atoms with Crippen molar-refractivity contribution in [1.82, 2.24) is 0 Å². The molecule has 100 valence electrons. The first-order chi connectivity index (χ1) is 8.72. The lowest BCUT2D eigenvalue weighted by atomic mass is 10.0. The lowest BCUT2D eigenvalue weighted by molar-refractivity contribution is -0.150. The monoisotopic (exact) mass is 248 g/mol. The second kappa shape index (κ2) is 7.91. The summed E-state index contributed by atoms with van der Waals surface area (Å²) in [5.41, 5.74) is 2.43. The van der Waals surface area contributed by atoms with Crippen molar-refractivity contribution >= 4 is 5.97 Å². The molecule has 0 aliphatic rings. The van der Waals surface area contributed by atoms with Gasteiger partial charge in [0.2, 0.25) is 0 Å². The molecule has 0 saturated carbocycles. The Morgan fingerprint density at radius 2 is 1.72 bits per heavy atom. The molecule has 0 amide bonds. The first-order valence-electron chi connectivity index (χ1n) is 6.96. The lowest BCUT2D eigenvalue weighted by Crippen LogP contribution is -2.16. The van der Waals surface area contributed by atoms with Gasteiger partial charge in [0.05, 0.1) is 5.92 Å². The van der Waals surface area contributed by atoms with E-state index in [1.807, 2.05) is 32.0 Å². The molecule has 0 spiro atoms. The number of rotatable bonds is 7. The van der Waals surface area contributed by atoms with Gasteiger partial charge < -0.3 is 4.74 Å². The average Bonchev–Trinajstić information content (AvgIpc) is 2.39. The molecule has 0 N–H and O–H groups in total. The highest BCUT2D eigenvalue weighted by Gasteiger charge is 2.15. The standard InChI is InChI=1S/C16H24O2/c1-4-9-14-10-7-8-11-15(14)12-18-16(17)13(5-2)6-3/h7-8,10-11,13H,4-6,9,12H2,1-3H3. The van der Waals surface area contributed by atoms with Crippen molar-refractivity contribution in [3.8, 4) is 0 Å². The third kappa shape index (κ3) is 4.17. The maximum Gasteiger partial charge on any atom is 0.309 e. The van der Waals surface area contributed by atoms with Crippen LogP contribution < -0.4 is 0 Å². The molecular weight excluding hydrogens is 224 g/mol. The SMILES string of the molecule is CCCc1ccccc1COC(=O)C(CC)CC. The van der Waals surface area contributed by atoms with E-state index in [2.05, 4.69) is 13.0 Å². The Labute approximate surface area is 110 Å².